The summed E-state index contributed by atoms with van der Waals surface area (Å²) in [7, 11) is 0. The summed E-state index contributed by atoms with van der Waals surface area (Å²) >= 11 is 0. The van der Waals surface area contributed by atoms with Gasteiger partial charge < -0.3 is 20.3 Å². The molecule has 27 heavy (non-hydrogen) atoms. The third-order valence-corrected chi connectivity index (χ3v) is 5.48. The van der Waals surface area contributed by atoms with Crippen LogP contribution < -0.4 is 15.5 Å². The summed E-state index contributed by atoms with van der Waals surface area (Å²) in [5.41, 5.74) is 1.52. The molecule has 1 aromatic carbocycles. The lowest BCUT2D eigenvalue weighted by molar-refractivity contribution is 0.0296. The van der Waals surface area contributed by atoms with E-state index in [1.165, 1.54) is 0 Å². The topological polar surface area (TPSA) is 77.2 Å². The number of amides is 4. The van der Waals surface area contributed by atoms with Gasteiger partial charge in [0.15, 0.2) is 0 Å². The molecule has 8 heteroatoms. The van der Waals surface area contributed by atoms with Crippen LogP contribution in [0.3, 0.4) is 0 Å². The number of morpholine rings is 1. The molecule has 0 spiro atoms. The molecule has 0 bridgehead atoms. The van der Waals surface area contributed by atoms with E-state index >= 15 is 0 Å². The Morgan fingerprint density at radius 3 is 2.85 bits per heavy atom. The molecular formula is C19H27N5O3. The van der Waals surface area contributed by atoms with Crippen molar-refractivity contribution in [3.63, 3.8) is 0 Å². The Bertz CT molecular complexity index is 692. The zero-order valence-electron chi connectivity index (χ0n) is 15.5. The van der Waals surface area contributed by atoms with Crippen LogP contribution in [0.25, 0.3) is 0 Å². The maximum Gasteiger partial charge on any atom is 0.322 e. The van der Waals surface area contributed by atoms with Gasteiger partial charge in [-0.1, -0.05) is 6.07 Å². The summed E-state index contributed by atoms with van der Waals surface area (Å²) < 4.78 is 5.41. The SMILES string of the molecule is O=C1NCCN1c1cccc(NC(=O)N2CCC[C@H]2CN2CCOCC2)c1. The lowest BCUT2D eigenvalue weighted by Gasteiger charge is -2.33. The highest BCUT2D eigenvalue weighted by molar-refractivity contribution is 5.95. The molecule has 1 aromatic rings. The smallest absolute Gasteiger partial charge is 0.322 e. The Morgan fingerprint density at radius 2 is 2.07 bits per heavy atom. The number of likely N-dealkylation sites (tertiary alicyclic amines) is 1. The molecular weight excluding hydrogens is 346 g/mol. The van der Waals surface area contributed by atoms with Crippen LogP contribution in [-0.2, 0) is 4.74 Å². The van der Waals surface area contributed by atoms with Gasteiger partial charge in [0.1, 0.15) is 0 Å². The number of hydrogen-bond donors (Lipinski definition) is 2. The third-order valence-electron chi connectivity index (χ3n) is 5.48. The standard InChI is InChI=1S/C19H27N5O3/c25-18-20-6-8-24(18)16-4-1-3-15(13-16)21-19(26)23-7-2-5-17(23)14-22-9-11-27-12-10-22/h1,3-4,13,17H,2,5-12,14H2,(H,20,25)(H,21,26)/t17-/m0/s1. The first-order valence-corrected chi connectivity index (χ1v) is 9.74. The number of anilines is 2. The van der Waals surface area contributed by atoms with E-state index in [9.17, 15) is 9.59 Å². The zero-order valence-corrected chi connectivity index (χ0v) is 15.5. The molecule has 146 valence electrons. The Hall–Kier alpha value is -2.32. The number of ether oxygens (including phenoxy) is 1. The van der Waals surface area contributed by atoms with Crippen LogP contribution in [0.2, 0.25) is 0 Å². The number of carbonyl (C=O) groups is 2. The van der Waals surface area contributed by atoms with Gasteiger partial charge in [0.25, 0.3) is 0 Å². The second-order valence-corrected chi connectivity index (χ2v) is 7.27. The Kier molecular flexibility index (Phi) is 5.45. The lowest BCUT2D eigenvalue weighted by atomic mass is 10.2. The van der Waals surface area contributed by atoms with Crippen LogP contribution in [0, 0.1) is 0 Å². The number of hydrogen-bond acceptors (Lipinski definition) is 4. The highest BCUT2D eigenvalue weighted by Crippen LogP contribution is 2.23. The van der Waals surface area contributed by atoms with E-state index in [0.29, 0.717) is 18.8 Å². The summed E-state index contributed by atoms with van der Waals surface area (Å²) in [6.45, 7) is 6.40. The molecule has 0 aliphatic carbocycles. The molecule has 3 fully saturated rings. The summed E-state index contributed by atoms with van der Waals surface area (Å²) in [6, 6.07) is 7.56. The highest BCUT2D eigenvalue weighted by Gasteiger charge is 2.31. The van der Waals surface area contributed by atoms with Crippen molar-refractivity contribution in [2.75, 3.05) is 62.7 Å². The molecule has 0 unspecified atom stereocenters. The third kappa shape index (κ3) is 4.17. The van der Waals surface area contributed by atoms with Gasteiger partial charge in [-0.05, 0) is 31.0 Å². The molecule has 2 N–H and O–H groups in total. The molecule has 0 saturated carbocycles. The molecule has 4 rings (SSSR count). The van der Waals surface area contributed by atoms with E-state index in [0.717, 1.165) is 57.9 Å². The van der Waals surface area contributed by atoms with Gasteiger partial charge in [0, 0.05) is 56.7 Å². The number of nitrogens with zero attached hydrogens (tertiary/aromatic N) is 3. The monoisotopic (exact) mass is 373 g/mol. The van der Waals surface area contributed by atoms with Gasteiger partial charge in [-0.3, -0.25) is 9.80 Å². The normalized spacial score (nSPS) is 23.6. The molecule has 3 aliphatic heterocycles. The number of carbonyl (C=O) groups excluding carboxylic acids is 2. The predicted molar refractivity (Wildman–Crippen MR) is 103 cm³/mol. The second-order valence-electron chi connectivity index (χ2n) is 7.27. The van der Waals surface area contributed by atoms with Crippen LogP contribution in [0.1, 0.15) is 12.8 Å². The summed E-state index contributed by atoms with van der Waals surface area (Å²) in [6.07, 6.45) is 2.08. The molecule has 0 radical (unpaired) electrons. The maximum atomic E-state index is 12.8. The quantitative estimate of drug-likeness (QED) is 0.839. The van der Waals surface area contributed by atoms with E-state index in [1.807, 2.05) is 29.2 Å². The average molecular weight is 373 g/mol. The number of benzene rings is 1. The van der Waals surface area contributed by atoms with E-state index in [4.69, 9.17) is 4.74 Å². The molecule has 0 aromatic heterocycles. The number of rotatable bonds is 4. The van der Waals surface area contributed by atoms with E-state index in [-0.39, 0.29) is 18.1 Å². The van der Waals surface area contributed by atoms with Crippen molar-refractivity contribution < 1.29 is 14.3 Å². The van der Waals surface area contributed by atoms with Crippen molar-refractivity contribution in [2.24, 2.45) is 0 Å². The molecule has 3 aliphatic rings. The minimum absolute atomic E-state index is 0.0613. The molecule has 3 heterocycles. The van der Waals surface area contributed by atoms with E-state index < -0.39 is 0 Å². The van der Waals surface area contributed by atoms with Crippen LogP contribution in [0.4, 0.5) is 21.0 Å². The van der Waals surface area contributed by atoms with Crippen molar-refractivity contribution in [1.29, 1.82) is 0 Å². The van der Waals surface area contributed by atoms with Crippen LogP contribution in [0.15, 0.2) is 24.3 Å². The summed E-state index contributed by atoms with van der Waals surface area (Å²) in [5.74, 6) is 0. The van der Waals surface area contributed by atoms with Crippen molar-refractivity contribution in [3.05, 3.63) is 24.3 Å². The van der Waals surface area contributed by atoms with Gasteiger partial charge in [-0.2, -0.15) is 0 Å². The number of urea groups is 2. The molecule has 3 saturated heterocycles. The van der Waals surface area contributed by atoms with Crippen molar-refractivity contribution >= 4 is 23.4 Å². The largest absolute Gasteiger partial charge is 0.379 e. The molecule has 4 amide bonds. The first-order chi connectivity index (χ1) is 13.2. The fourth-order valence-electron chi connectivity index (χ4n) is 4.04. The van der Waals surface area contributed by atoms with Crippen molar-refractivity contribution in [1.82, 2.24) is 15.1 Å². The van der Waals surface area contributed by atoms with E-state index in [2.05, 4.69) is 15.5 Å². The lowest BCUT2D eigenvalue weighted by Crippen LogP contribution is -2.47. The highest BCUT2D eigenvalue weighted by atomic mass is 16.5. The van der Waals surface area contributed by atoms with Crippen LogP contribution in [-0.4, -0.2) is 80.4 Å². The molecule has 1 atom stereocenters. The van der Waals surface area contributed by atoms with Crippen LogP contribution >= 0.6 is 0 Å². The summed E-state index contributed by atoms with van der Waals surface area (Å²) in [5, 5.41) is 5.81. The first-order valence-electron chi connectivity index (χ1n) is 9.74. The maximum absolute atomic E-state index is 12.8. The van der Waals surface area contributed by atoms with Gasteiger partial charge in [0.05, 0.1) is 13.2 Å². The molecule has 8 nitrogen and oxygen atoms in total. The first kappa shape index (κ1) is 18.1. The fraction of sp³-hybridized carbons (Fsp3) is 0.579. The van der Waals surface area contributed by atoms with Gasteiger partial charge >= 0.3 is 12.1 Å². The number of nitrogens with one attached hydrogen (secondary N) is 2. The van der Waals surface area contributed by atoms with E-state index in [1.54, 1.807) is 4.90 Å². The average Bonchev–Trinajstić information content (AvgIpc) is 3.32. The van der Waals surface area contributed by atoms with Gasteiger partial charge in [-0.15, -0.1) is 0 Å². The van der Waals surface area contributed by atoms with Gasteiger partial charge in [-0.25, -0.2) is 9.59 Å². The Morgan fingerprint density at radius 1 is 1.22 bits per heavy atom. The minimum atomic E-state index is -0.0939. The zero-order chi connectivity index (χ0) is 18.6. The van der Waals surface area contributed by atoms with Crippen LogP contribution in [0.5, 0.6) is 0 Å². The fourth-order valence-corrected chi connectivity index (χ4v) is 4.04. The Balaban J connectivity index is 1.38. The van der Waals surface area contributed by atoms with Crippen molar-refractivity contribution in [3.8, 4) is 0 Å². The Labute approximate surface area is 159 Å². The predicted octanol–water partition coefficient (Wildman–Crippen LogP) is 1.54. The summed E-state index contributed by atoms with van der Waals surface area (Å²) in [4.78, 5) is 30.7. The van der Waals surface area contributed by atoms with Gasteiger partial charge in [0.2, 0.25) is 0 Å². The second kappa shape index (κ2) is 8.14. The van der Waals surface area contributed by atoms with Crippen molar-refractivity contribution in [2.45, 2.75) is 18.9 Å². The minimum Gasteiger partial charge on any atom is -0.379 e.